The fraction of sp³-hybridized carbons (Fsp3) is 0.0556. The minimum absolute atomic E-state index is 0.00274. The van der Waals surface area contributed by atoms with Crippen molar-refractivity contribution in [3.05, 3.63) is 65.4 Å². The van der Waals surface area contributed by atoms with Gasteiger partial charge in [-0.1, -0.05) is 0 Å². The van der Waals surface area contributed by atoms with E-state index in [2.05, 4.69) is 25.4 Å². The van der Waals surface area contributed by atoms with Crippen LogP contribution >= 0.6 is 11.3 Å². The molecular weight excluding hydrogens is 381 g/mol. The summed E-state index contributed by atoms with van der Waals surface area (Å²) in [6.07, 6.45) is 3.41. The number of benzene rings is 1. The highest BCUT2D eigenvalue weighted by atomic mass is 32.1. The fourth-order valence-electron chi connectivity index (χ4n) is 2.88. The van der Waals surface area contributed by atoms with E-state index < -0.39 is 5.91 Å². The van der Waals surface area contributed by atoms with Gasteiger partial charge in [0.15, 0.2) is 4.96 Å². The molecule has 0 bridgehead atoms. The van der Waals surface area contributed by atoms with E-state index in [9.17, 15) is 9.18 Å². The quantitative estimate of drug-likeness (QED) is 0.508. The highest BCUT2D eigenvalue weighted by Crippen LogP contribution is 2.31. The van der Waals surface area contributed by atoms with Gasteiger partial charge >= 0.3 is 0 Å². The number of halogens is 1. The van der Waals surface area contributed by atoms with E-state index in [-0.39, 0.29) is 11.6 Å². The molecule has 1 N–H and O–H groups in total. The molecule has 0 aliphatic rings. The zero-order valence-electron chi connectivity index (χ0n) is 14.5. The van der Waals surface area contributed by atoms with Crippen LogP contribution in [0, 0.1) is 12.7 Å². The first kappa shape index (κ1) is 16.5. The predicted molar refractivity (Wildman–Crippen MR) is 102 cm³/mol. The third kappa shape index (κ3) is 2.62. The molecule has 5 rings (SSSR count). The number of rotatable bonds is 3. The molecule has 5 aromatic rings. The summed E-state index contributed by atoms with van der Waals surface area (Å²) >= 11 is 1.43. The molecule has 0 aliphatic heterocycles. The van der Waals surface area contributed by atoms with Crippen LogP contribution in [0.3, 0.4) is 0 Å². The van der Waals surface area contributed by atoms with Crippen LogP contribution < -0.4 is 5.32 Å². The van der Waals surface area contributed by atoms with E-state index in [1.807, 2.05) is 12.3 Å². The van der Waals surface area contributed by atoms with Crippen LogP contribution in [0.4, 0.5) is 10.2 Å². The Hall–Kier alpha value is -3.66. The summed E-state index contributed by atoms with van der Waals surface area (Å²) in [5.41, 5.74) is 2.04. The third-order valence-corrected chi connectivity index (χ3v) is 5.00. The number of anilines is 1. The molecule has 1 aromatic carbocycles. The number of aromatic nitrogens is 6. The highest BCUT2D eigenvalue weighted by Gasteiger charge is 2.21. The number of fused-ring (bicyclic) bond motifs is 2. The number of amides is 1. The molecule has 0 saturated heterocycles. The van der Waals surface area contributed by atoms with Crippen LogP contribution in [-0.4, -0.2) is 34.9 Å². The second-order valence-corrected chi connectivity index (χ2v) is 6.93. The Balaban J connectivity index is 1.57. The second-order valence-electron chi connectivity index (χ2n) is 6.06. The second kappa shape index (κ2) is 6.20. The van der Waals surface area contributed by atoms with Gasteiger partial charge in [0.2, 0.25) is 5.82 Å². The summed E-state index contributed by atoms with van der Waals surface area (Å²) in [6.45, 7) is 1.85. The normalized spacial score (nSPS) is 11.4. The highest BCUT2D eigenvalue weighted by molar-refractivity contribution is 7.15. The molecule has 10 heteroatoms. The number of aryl methyl sites for hydroxylation is 1. The maximum Gasteiger partial charge on any atom is 0.296 e. The van der Waals surface area contributed by atoms with Crippen LogP contribution in [0.15, 0.2) is 48.1 Å². The van der Waals surface area contributed by atoms with Crippen LogP contribution in [0.5, 0.6) is 0 Å². The summed E-state index contributed by atoms with van der Waals surface area (Å²) in [4.78, 5) is 26.4. The zero-order chi connectivity index (χ0) is 19.3. The monoisotopic (exact) mass is 393 g/mol. The zero-order valence-corrected chi connectivity index (χ0v) is 15.3. The lowest BCUT2D eigenvalue weighted by atomic mass is 10.1. The SMILES string of the molecule is Cc1ccnc2nc(C(=O)Nc3c(-c4ccc(F)cc4)nc4sccn34)nn12. The molecule has 0 saturated carbocycles. The smallest absolute Gasteiger partial charge is 0.296 e. The third-order valence-electron chi connectivity index (χ3n) is 4.24. The van der Waals surface area contributed by atoms with Crippen LogP contribution in [-0.2, 0) is 0 Å². The van der Waals surface area contributed by atoms with Gasteiger partial charge < -0.3 is 5.32 Å². The minimum atomic E-state index is -0.485. The van der Waals surface area contributed by atoms with Crippen LogP contribution in [0.1, 0.15) is 16.3 Å². The number of nitrogens with one attached hydrogen (secondary N) is 1. The molecule has 8 nitrogen and oxygen atoms in total. The lowest BCUT2D eigenvalue weighted by Crippen LogP contribution is -2.15. The average Bonchev–Trinajstić information content (AvgIpc) is 3.38. The first-order chi connectivity index (χ1) is 13.6. The fourth-order valence-corrected chi connectivity index (χ4v) is 3.59. The number of hydrogen-bond donors (Lipinski definition) is 1. The summed E-state index contributed by atoms with van der Waals surface area (Å²) in [5, 5.41) is 8.93. The van der Waals surface area contributed by atoms with Crippen LogP contribution in [0.2, 0.25) is 0 Å². The van der Waals surface area contributed by atoms with Crippen molar-refractivity contribution in [3.63, 3.8) is 0 Å². The van der Waals surface area contributed by atoms with E-state index in [1.165, 1.54) is 28.0 Å². The van der Waals surface area contributed by atoms with Crippen molar-refractivity contribution < 1.29 is 9.18 Å². The molecular formula is C18H12FN7OS. The van der Waals surface area contributed by atoms with Gasteiger partial charge in [-0.3, -0.25) is 9.20 Å². The Morgan fingerprint density at radius 3 is 2.79 bits per heavy atom. The summed E-state index contributed by atoms with van der Waals surface area (Å²) in [5.74, 6) is -0.0142. The van der Waals surface area contributed by atoms with Crippen molar-refractivity contribution in [1.82, 2.24) is 29.0 Å². The Morgan fingerprint density at radius 1 is 1.18 bits per heavy atom. The molecule has 0 atom stereocenters. The molecule has 0 unspecified atom stereocenters. The van der Waals surface area contributed by atoms with Crippen molar-refractivity contribution in [3.8, 4) is 11.3 Å². The van der Waals surface area contributed by atoms with Gasteiger partial charge in [-0.15, -0.1) is 16.4 Å². The summed E-state index contributed by atoms with van der Waals surface area (Å²) < 4.78 is 16.6. The van der Waals surface area contributed by atoms with E-state index >= 15 is 0 Å². The molecule has 28 heavy (non-hydrogen) atoms. The van der Waals surface area contributed by atoms with Crippen molar-refractivity contribution in [1.29, 1.82) is 0 Å². The van der Waals surface area contributed by atoms with Gasteiger partial charge in [0.25, 0.3) is 11.7 Å². The molecule has 0 radical (unpaired) electrons. The van der Waals surface area contributed by atoms with Crippen LogP contribution in [0.25, 0.3) is 22.0 Å². The lowest BCUT2D eigenvalue weighted by Gasteiger charge is -2.05. The number of hydrogen-bond acceptors (Lipinski definition) is 6. The molecule has 0 fully saturated rings. The Bertz CT molecular complexity index is 1340. The Morgan fingerprint density at radius 2 is 2.00 bits per heavy atom. The Kier molecular flexibility index (Phi) is 3.66. The van der Waals surface area contributed by atoms with Crippen molar-refractivity contribution in [2.24, 2.45) is 0 Å². The van der Waals surface area contributed by atoms with Gasteiger partial charge in [-0.25, -0.2) is 18.9 Å². The average molecular weight is 393 g/mol. The van der Waals surface area contributed by atoms with E-state index in [0.29, 0.717) is 27.8 Å². The number of carbonyl (C=O) groups is 1. The first-order valence-corrected chi connectivity index (χ1v) is 9.19. The number of nitrogens with zero attached hydrogens (tertiary/aromatic N) is 6. The lowest BCUT2D eigenvalue weighted by molar-refractivity contribution is 0.101. The summed E-state index contributed by atoms with van der Waals surface area (Å²) in [7, 11) is 0. The molecule has 1 amide bonds. The standard InChI is InChI=1S/C18H12FN7OS/c1-10-6-7-20-17-22-14(24-26(10)17)16(27)23-15-13(11-2-4-12(19)5-3-11)21-18-25(15)8-9-28-18/h2-9H,1H3,(H,23,27). The number of imidazole rings is 1. The van der Waals surface area contributed by atoms with Crippen molar-refractivity contribution in [2.45, 2.75) is 6.92 Å². The molecule has 0 spiro atoms. The van der Waals surface area contributed by atoms with E-state index in [1.54, 1.807) is 35.0 Å². The molecule has 138 valence electrons. The van der Waals surface area contributed by atoms with Gasteiger partial charge in [0.05, 0.1) is 0 Å². The summed E-state index contributed by atoms with van der Waals surface area (Å²) in [6, 6.07) is 7.72. The largest absolute Gasteiger partial charge is 0.303 e. The van der Waals surface area contributed by atoms with Gasteiger partial charge in [0.1, 0.15) is 17.3 Å². The van der Waals surface area contributed by atoms with Gasteiger partial charge in [-0.2, -0.15) is 4.98 Å². The van der Waals surface area contributed by atoms with Crippen molar-refractivity contribution >= 4 is 33.8 Å². The maximum absolute atomic E-state index is 13.3. The molecule has 4 heterocycles. The van der Waals surface area contributed by atoms with Gasteiger partial charge in [-0.05, 0) is 37.3 Å². The van der Waals surface area contributed by atoms with Crippen molar-refractivity contribution in [2.75, 3.05) is 5.32 Å². The predicted octanol–water partition coefficient (Wildman–Crippen LogP) is 3.20. The van der Waals surface area contributed by atoms with E-state index in [0.717, 1.165) is 5.69 Å². The van der Waals surface area contributed by atoms with E-state index in [4.69, 9.17) is 0 Å². The topological polar surface area (TPSA) is 89.5 Å². The maximum atomic E-state index is 13.3. The Labute approximate surface area is 161 Å². The number of carbonyl (C=O) groups excluding carboxylic acids is 1. The minimum Gasteiger partial charge on any atom is -0.303 e. The molecule has 4 aromatic heterocycles. The first-order valence-electron chi connectivity index (χ1n) is 8.31. The molecule has 0 aliphatic carbocycles. The van der Waals surface area contributed by atoms with Gasteiger partial charge in [0, 0.05) is 29.0 Å². The number of thiazole rings is 1.